The minimum atomic E-state index is 0.982. The highest BCUT2D eigenvalue weighted by Gasteiger charge is 2.46. The highest BCUT2D eigenvalue weighted by molar-refractivity contribution is 7.17. The van der Waals surface area contributed by atoms with Gasteiger partial charge in [-0.25, -0.2) is 0 Å². The van der Waals surface area contributed by atoms with Crippen LogP contribution in [0.15, 0.2) is 0 Å². The summed E-state index contributed by atoms with van der Waals surface area (Å²) in [4.78, 5) is 0. The van der Waals surface area contributed by atoms with Crippen molar-refractivity contribution in [1.82, 2.24) is 0 Å². The summed E-state index contributed by atoms with van der Waals surface area (Å²) in [6.07, 6.45) is 7.58. The molecule has 0 spiro atoms. The van der Waals surface area contributed by atoms with Crippen molar-refractivity contribution in [3.05, 3.63) is 5.92 Å². The Morgan fingerprint density at radius 2 is 1.64 bits per heavy atom. The molecule has 4 rings (SSSR count). The molecule has 0 nitrogen and oxygen atoms in total. The summed E-state index contributed by atoms with van der Waals surface area (Å²) in [6, 6.07) is 0. The largest absolute Gasteiger partial charge is 0.134 e. The van der Waals surface area contributed by atoms with E-state index < -0.39 is 0 Å². The zero-order valence-electron chi connectivity index (χ0n) is 6.92. The number of hydrogen-bond donors (Lipinski definition) is 0. The maximum atomic E-state index is 3.10. The van der Waals surface area contributed by atoms with E-state index in [1.165, 1.54) is 19.3 Å². The van der Waals surface area contributed by atoms with Crippen molar-refractivity contribution in [2.24, 2.45) is 17.8 Å². The van der Waals surface area contributed by atoms with Crippen LogP contribution in [0.2, 0.25) is 0 Å². The van der Waals surface area contributed by atoms with Crippen molar-refractivity contribution in [2.45, 2.75) is 37.8 Å². The molecule has 1 radical (unpaired) electrons. The van der Waals surface area contributed by atoms with Crippen LogP contribution >= 0.6 is 9.24 Å². The first kappa shape index (κ1) is 6.89. The smallest absolute Gasteiger partial charge is 0.0207 e. The monoisotopic (exact) mass is 167 g/mol. The fraction of sp³-hybridized carbons (Fsp3) is 0.900. The second-order valence-electron chi connectivity index (χ2n) is 4.80. The SMILES string of the molecule is PC1C2C[C]3CC(C2)CC1C3. The Morgan fingerprint density at radius 3 is 2.18 bits per heavy atom. The third-order valence-electron chi connectivity index (χ3n) is 4.04. The Balaban J connectivity index is 1.91. The molecule has 0 aromatic heterocycles. The van der Waals surface area contributed by atoms with E-state index in [9.17, 15) is 0 Å². The van der Waals surface area contributed by atoms with Gasteiger partial charge in [0.2, 0.25) is 0 Å². The Bertz CT molecular complexity index is 148. The molecule has 4 saturated carbocycles. The van der Waals surface area contributed by atoms with Crippen molar-refractivity contribution < 1.29 is 0 Å². The highest BCUT2D eigenvalue weighted by Crippen LogP contribution is 2.56. The Labute approximate surface area is 71.3 Å². The van der Waals surface area contributed by atoms with Gasteiger partial charge in [-0.15, -0.1) is 9.24 Å². The predicted molar refractivity (Wildman–Crippen MR) is 50.3 cm³/mol. The second-order valence-corrected chi connectivity index (χ2v) is 5.57. The quantitative estimate of drug-likeness (QED) is 0.486. The van der Waals surface area contributed by atoms with E-state index in [2.05, 4.69) is 9.24 Å². The van der Waals surface area contributed by atoms with Gasteiger partial charge in [-0.2, -0.15) is 0 Å². The molecule has 4 aliphatic carbocycles. The molecule has 4 fully saturated rings. The molecule has 4 bridgehead atoms. The standard InChI is InChI=1S/C10H16P/c11-10-8-2-6-1-7(4-8)5-9(10)3-6/h6,8-10H,1-5,11H2. The maximum Gasteiger partial charge on any atom is -0.0207 e. The van der Waals surface area contributed by atoms with E-state index in [1.54, 1.807) is 12.8 Å². The summed E-state index contributed by atoms with van der Waals surface area (Å²) in [6.45, 7) is 0. The minimum Gasteiger partial charge on any atom is -0.134 e. The molecule has 11 heavy (non-hydrogen) atoms. The summed E-state index contributed by atoms with van der Waals surface area (Å²) in [7, 11) is 3.10. The summed E-state index contributed by atoms with van der Waals surface area (Å²) in [5, 5.41) is 0. The van der Waals surface area contributed by atoms with Crippen molar-refractivity contribution >= 4 is 9.24 Å². The molecule has 0 aromatic rings. The molecule has 0 aliphatic heterocycles. The molecule has 0 heterocycles. The molecule has 0 aromatic carbocycles. The van der Waals surface area contributed by atoms with Gasteiger partial charge in [0.1, 0.15) is 0 Å². The van der Waals surface area contributed by atoms with Gasteiger partial charge in [0.25, 0.3) is 0 Å². The summed E-state index contributed by atoms with van der Waals surface area (Å²) in [5.74, 6) is 5.17. The van der Waals surface area contributed by atoms with Crippen LogP contribution in [0.5, 0.6) is 0 Å². The maximum absolute atomic E-state index is 3.10. The normalized spacial score (nSPS) is 55.4. The van der Waals surface area contributed by atoms with Crippen LogP contribution in [-0.4, -0.2) is 5.66 Å². The van der Waals surface area contributed by atoms with E-state index in [0.717, 1.165) is 23.4 Å². The van der Waals surface area contributed by atoms with Gasteiger partial charge in [-0.05, 0) is 61.4 Å². The van der Waals surface area contributed by atoms with Crippen molar-refractivity contribution in [3.8, 4) is 0 Å². The van der Waals surface area contributed by atoms with Crippen molar-refractivity contribution in [2.75, 3.05) is 0 Å². The lowest BCUT2D eigenvalue weighted by Crippen LogP contribution is -2.44. The Morgan fingerprint density at radius 1 is 1.00 bits per heavy atom. The van der Waals surface area contributed by atoms with Crippen LogP contribution in [-0.2, 0) is 0 Å². The fourth-order valence-electron chi connectivity index (χ4n) is 3.66. The summed E-state index contributed by atoms with van der Waals surface area (Å²) >= 11 is 0. The first-order chi connectivity index (χ1) is 5.33. The lowest BCUT2D eigenvalue weighted by atomic mass is 9.56. The molecular formula is C10H16P. The lowest BCUT2D eigenvalue weighted by molar-refractivity contribution is 0.0998. The molecule has 3 unspecified atom stereocenters. The molecule has 61 valence electrons. The van der Waals surface area contributed by atoms with Gasteiger partial charge in [0.15, 0.2) is 0 Å². The molecule has 0 amide bonds. The van der Waals surface area contributed by atoms with Gasteiger partial charge in [0, 0.05) is 0 Å². The second kappa shape index (κ2) is 2.22. The van der Waals surface area contributed by atoms with E-state index >= 15 is 0 Å². The third-order valence-corrected chi connectivity index (χ3v) is 5.13. The molecule has 1 heteroatoms. The number of hydrogen-bond acceptors (Lipinski definition) is 0. The van der Waals surface area contributed by atoms with Crippen LogP contribution < -0.4 is 0 Å². The van der Waals surface area contributed by atoms with E-state index in [0.29, 0.717) is 0 Å². The van der Waals surface area contributed by atoms with Gasteiger partial charge in [0.05, 0.1) is 0 Å². The fourth-order valence-corrected chi connectivity index (χ4v) is 4.24. The van der Waals surface area contributed by atoms with Crippen LogP contribution in [0.1, 0.15) is 32.1 Å². The topological polar surface area (TPSA) is 0 Å². The Kier molecular flexibility index (Phi) is 1.39. The van der Waals surface area contributed by atoms with Crippen LogP contribution in [0.25, 0.3) is 0 Å². The Hall–Kier alpha value is 0.430. The first-order valence-corrected chi connectivity index (χ1v) is 5.59. The summed E-state index contributed by atoms with van der Waals surface area (Å²) < 4.78 is 0. The first-order valence-electron chi connectivity index (χ1n) is 4.92. The van der Waals surface area contributed by atoms with Gasteiger partial charge >= 0.3 is 0 Å². The van der Waals surface area contributed by atoms with Crippen LogP contribution in [0, 0.1) is 23.7 Å². The van der Waals surface area contributed by atoms with Crippen LogP contribution in [0.3, 0.4) is 0 Å². The molecule has 3 atom stereocenters. The third kappa shape index (κ3) is 0.917. The minimum absolute atomic E-state index is 0.982. The van der Waals surface area contributed by atoms with Crippen molar-refractivity contribution in [1.29, 1.82) is 0 Å². The van der Waals surface area contributed by atoms with E-state index in [-0.39, 0.29) is 0 Å². The lowest BCUT2D eigenvalue weighted by Gasteiger charge is -2.53. The van der Waals surface area contributed by atoms with Gasteiger partial charge in [-0.1, -0.05) is 0 Å². The summed E-state index contributed by atoms with van der Waals surface area (Å²) in [5.41, 5.74) is 0.982. The molecule has 0 N–H and O–H groups in total. The van der Waals surface area contributed by atoms with Gasteiger partial charge in [-0.3, -0.25) is 0 Å². The highest BCUT2D eigenvalue weighted by atomic mass is 31.0. The molecule has 4 aliphatic rings. The zero-order chi connectivity index (χ0) is 7.42. The number of rotatable bonds is 0. The van der Waals surface area contributed by atoms with Gasteiger partial charge < -0.3 is 0 Å². The average Bonchev–Trinajstić information content (AvgIpc) is 1.98. The molecule has 0 saturated heterocycles. The predicted octanol–water partition coefficient (Wildman–Crippen LogP) is 2.64. The van der Waals surface area contributed by atoms with E-state index in [1.807, 2.05) is 5.92 Å². The van der Waals surface area contributed by atoms with Crippen molar-refractivity contribution in [3.63, 3.8) is 0 Å². The average molecular weight is 167 g/mol. The molecular weight excluding hydrogens is 151 g/mol. The van der Waals surface area contributed by atoms with E-state index in [4.69, 9.17) is 0 Å². The zero-order valence-corrected chi connectivity index (χ0v) is 8.08. The van der Waals surface area contributed by atoms with Crippen LogP contribution in [0.4, 0.5) is 0 Å².